The second-order valence-electron chi connectivity index (χ2n) is 6.11. The van der Waals surface area contributed by atoms with Gasteiger partial charge in [-0.25, -0.2) is 0 Å². The molecule has 2 amide bonds. The molecule has 0 unspecified atom stereocenters. The molecule has 2 aromatic rings. The number of hydrogen-bond donors (Lipinski definition) is 2. The minimum atomic E-state index is -0.212. The van der Waals surface area contributed by atoms with Gasteiger partial charge >= 0.3 is 0 Å². The Morgan fingerprint density at radius 3 is 2.30 bits per heavy atom. The standard InChI is InChI=1S/C20H25N3O3S/c1-23(16-6-3-2-4-7-16)14-13-22-20(26)11-12-21-19(25)10-9-17(24)18-8-5-15-27-18/h2-8,15H,9-14H2,1H3,(H,21,25)(H,22,26). The number of para-hydroxylation sites is 1. The number of rotatable bonds is 11. The molecule has 0 aliphatic heterocycles. The number of carbonyl (C=O) groups is 3. The average Bonchev–Trinajstić information content (AvgIpc) is 3.21. The highest BCUT2D eigenvalue weighted by molar-refractivity contribution is 7.12. The number of nitrogens with one attached hydrogen (secondary N) is 2. The van der Waals surface area contributed by atoms with E-state index in [-0.39, 0.29) is 43.4 Å². The van der Waals surface area contributed by atoms with Gasteiger partial charge in [-0.2, -0.15) is 0 Å². The van der Waals surface area contributed by atoms with E-state index in [0.29, 0.717) is 18.0 Å². The van der Waals surface area contributed by atoms with E-state index in [4.69, 9.17) is 0 Å². The van der Waals surface area contributed by atoms with Crippen molar-refractivity contribution < 1.29 is 14.4 Å². The molecule has 144 valence electrons. The van der Waals surface area contributed by atoms with Gasteiger partial charge in [0.15, 0.2) is 5.78 Å². The van der Waals surface area contributed by atoms with Crippen molar-refractivity contribution in [2.75, 3.05) is 31.6 Å². The first-order valence-corrected chi connectivity index (χ1v) is 9.80. The number of nitrogens with zero attached hydrogens (tertiary/aromatic N) is 1. The molecule has 0 radical (unpaired) electrons. The Labute approximate surface area is 163 Å². The Bertz CT molecular complexity index is 732. The van der Waals surface area contributed by atoms with Gasteiger partial charge in [0, 0.05) is 51.6 Å². The maximum absolute atomic E-state index is 11.8. The van der Waals surface area contributed by atoms with E-state index in [0.717, 1.165) is 5.69 Å². The van der Waals surface area contributed by atoms with Crippen LogP contribution >= 0.6 is 11.3 Å². The first kappa shape index (κ1) is 20.6. The number of hydrogen-bond acceptors (Lipinski definition) is 5. The van der Waals surface area contributed by atoms with Crippen molar-refractivity contribution in [3.8, 4) is 0 Å². The molecule has 0 aliphatic carbocycles. The number of thiophene rings is 1. The zero-order valence-corrected chi connectivity index (χ0v) is 16.3. The molecule has 0 fully saturated rings. The van der Waals surface area contributed by atoms with Gasteiger partial charge in [-0.15, -0.1) is 11.3 Å². The average molecular weight is 388 g/mol. The maximum atomic E-state index is 11.8. The van der Waals surface area contributed by atoms with Crippen LogP contribution in [0, 0.1) is 0 Å². The van der Waals surface area contributed by atoms with E-state index >= 15 is 0 Å². The molecule has 0 aliphatic rings. The van der Waals surface area contributed by atoms with Gasteiger partial charge in [0.2, 0.25) is 11.8 Å². The third-order valence-corrected chi connectivity index (χ3v) is 4.93. The Morgan fingerprint density at radius 1 is 0.889 bits per heavy atom. The Balaban J connectivity index is 1.53. The van der Waals surface area contributed by atoms with Crippen LogP contribution in [-0.2, 0) is 9.59 Å². The molecule has 1 aromatic carbocycles. The summed E-state index contributed by atoms with van der Waals surface area (Å²) in [4.78, 5) is 38.2. The van der Waals surface area contributed by atoms with Gasteiger partial charge in [-0.05, 0) is 23.6 Å². The second-order valence-corrected chi connectivity index (χ2v) is 7.06. The number of ketones is 1. The van der Waals surface area contributed by atoms with Crippen LogP contribution < -0.4 is 15.5 Å². The van der Waals surface area contributed by atoms with Crippen LogP contribution in [-0.4, -0.2) is 44.3 Å². The monoisotopic (exact) mass is 387 g/mol. The fourth-order valence-corrected chi connectivity index (χ4v) is 3.15. The summed E-state index contributed by atoms with van der Waals surface area (Å²) >= 11 is 1.37. The van der Waals surface area contributed by atoms with Crippen molar-refractivity contribution in [1.29, 1.82) is 0 Å². The molecule has 6 nitrogen and oxygen atoms in total. The van der Waals surface area contributed by atoms with Crippen LogP contribution in [0.2, 0.25) is 0 Å². The highest BCUT2D eigenvalue weighted by Crippen LogP contribution is 2.12. The lowest BCUT2D eigenvalue weighted by molar-refractivity contribution is -0.122. The zero-order chi connectivity index (χ0) is 19.5. The molecule has 0 saturated carbocycles. The fraction of sp³-hybridized carbons (Fsp3) is 0.350. The highest BCUT2D eigenvalue weighted by atomic mass is 32.1. The Kier molecular flexibility index (Phi) is 8.51. The van der Waals surface area contributed by atoms with E-state index < -0.39 is 0 Å². The van der Waals surface area contributed by atoms with Crippen LogP contribution in [0.5, 0.6) is 0 Å². The molecule has 0 atom stereocenters. The SMILES string of the molecule is CN(CCNC(=O)CCNC(=O)CCC(=O)c1cccs1)c1ccccc1. The maximum Gasteiger partial charge on any atom is 0.221 e. The lowest BCUT2D eigenvalue weighted by Gasteiger charge is -2.19. The number of benzene rings is 1. The van der Waals surface area contributed by atoms with E-state index in [2.05, 4.69) is 15.5 Å². The van der Waals surface area contributed by atoms with Crippen LogP contribution in [0.1, 0.15) is 28.9 Å². The van der Waals surface area contributed by atoms with Crippen LogP contribution in [0.4, 0.5) is 5.69 Å². The Morgan fingerprint density at radius 2 is 1.59 bits per heavy atom. The third-order valence-electron chi connectivity index (χ3n) is 4.02. The lowest BCUT2D eigenvalue weighted by atomic mass is 10.2. The van der Waals surface area contributed by atoms with Gasteiger partial charge in [0.25, 0.3) is 0 Å². The molecule has 2 N–H and O–H groups in total. The lowest BCUT2D eigenvalue weighted by Crippen LogP contribution is -2.35. The molecule has 1 heterocycles. The van der Waals surface area contributed by atoms with Gasteiger partial charge in [0.1, 0.15) is 0 Å². The molecule has 27 heavy (non-hydrogen) atoms. The number of Topliss-reactive ketones (excluding diaryl/α,β-unsaturated/α-hetero) is 1. The minimum absolute atomic E-state index is 0.0274. The Hall–Kier alpha value is -2.67. The van der Waals surface area contributed by atoms with Crippen LogP contribution in [0.15, 0.2) is 47.8 Å². The van der Waals surface area contributed by atoms with Crippen molar-refractivity contribution in [2.45, 2.75) is 19.3 Å². The number of anilines is 1. The molecule has 0 bridgehead atoms. The summed E-state index contributed by atoms with van der Waals surface area (Å²) in [5.41, 5.74) is 1.09. The molecule has 0 saturated heterocycles. The fourth-order valence-electron chi connectivity index (χ4n) is 2.45. The smallest absolute Gasteiger partial charge is 0.221 e. The number of amides is 2. The molecule has 2 rings (SSSR count). The van der Waals surface area contributed by atoms with E-state index in [1.165, 1.54) is 11.3 Å². The van der Waals surface area contributed by atoms with E-state index in [1.54, 1.807) is 6.07 Å². The predicted molar refractivity (Wildman–Crippen MR) is 108 cm³/mol. The van der Waals surface area contributed by atoms with Gasteiger partial charge in [0.05, 0.1) is 4.88 Å². The van der Waals surface area contributed by atoms with Crippen molar-refractivity contribution in [1.82, 2.24) is 10.6 Å². The quantitative estimate of drug-likeness (QED) is 0.581. The zero-order valence-electron chi connectivity index (χ0n) is 15.4. The molecule has 7 heteroatoms. The molecule has 0 spiro atoms. The third kappa shape index (κ3) is 7.62. The molecular formula is C20H25N3O3S. The molecular weight excluding hydrogens is 362 g/mol. The summed E-state index contributed by atoms with van der Waals surface area (Å²) in [7, 11) is 1.97. The summed E-state index contributed by atoms with van der Waals surface area (Å²) in [6.45, 7) is 1.51. The van der Waals surface area contributed by atoms with Crippen LogP contribution in [0.25, 0.3) is 0 Å². The minimum Gasteiger partial charge on any atom is -0.373 e. The van der Waals surface area contributed by atoms with Crippen LogP contribution in [0.3, 0.4) is 0 Å². The van der Waals surface area contributed by atoms with Crippen molar-refractivity contribution in [2.24, 2.45) is 0 Å². The van der Waals surface area contributed by atoms with E-state index in [9.17, 15) is 14.4 Å². The molecule has 1 aromatic heterocycles. The first-order valence-electron chi connectivity index (χ1n) is 8.92. The van der Waals surface area contributed by atoms with E-state index in [1.807, 2.05) is 48.8 Å². The van der Waals surface area contributed by atoms with Gasteiger partial charge < -0.3 is 15.5 Å². The summed E-state index contributed by atoms with van der Waals surface area (Å²) in [5.74, 6) is -0.344. The van der Waals surface area contributed by atoms with Crippen molar-refractivity contribution >= 4 is 34.6 Å². The largest absolute Gasteiger partial charge is 0.373 e. The summed E-state index contributed by atoms with van der Waals surface area (Å²) < 4.78 is 0. The predicted octanol–water partition coefficient (Wildman–Crippen LogP) is 2.47. The number of likely N-dealkylation sites (N-methyl/N-ethyl adjacent to an activating group) is 1. The highest BCUT2D eigenvalue weighted by Gasteiger charge is 2.10. The normalized spacial score (nSPS) is 10.3. The second kappa shape index (κ2) is 11.1. The van der Waals surface area contributed by atoms with Crippen molar-refractivity contribution in [3.63, 3.8) is 0 Å². The van der Waals surface area contributed by atoms with Crippen molar-refractivity contribution in [3.05, 3.63) is 52.7 Å². The first-order chi connectivity index (χ1) is 13.1. The van der Waals surface area contributed by atoms with Gasteiger partial charge in [-0.3, -0.25) is 14.4 Å². The topological polar surface area (TPSA) is 78.5 Å². The summed E-state index contributed by atoms with van der Waals surface area (Å²) in [5, 5.41) is 7.36. The summed E-state index contributed by atoms with van der Waals surface area (Å²) in [6, 6.07) is 13.5. The number of carbonyl (C=O) groups excluding carboxylic acids is 3. The summed E-state index contributed by atoms with van der Waals surface area (Å²) in [6.07, 6.45) is 0.546. The van der Waals surface area contributed by atoms with Gasteiger partial charge in [-0.1, -0.05) is 24.3 Å².